The first kappa shape index (κ1) is 40.6. The molecular weight excluding hydrogens is 701 g/mol. The highest BCUT2D eigenvalue weighted by Gasteiger charge is 2.39. The van der Waals surface area contributed by atoms with E-state index in [0.29, 0.717) is 0 Å². The average Bonchev–Trinajstić information content (AvgIpc) is 3.27. The van der Waals surface area contributed by atoms with Crippen LogP contribution in [0, 0.1) is 13.8 Å². The minimum atomic E-state index is -0.528. The third-order valence-corrected chi connectivity index (χ3v) is 12.1. The van der Waals surface area contributed by atoms with Crippen molar-refractivity contribution in [3.8, 4) is 0 Å². The van der Waals surface area contributed by atoms with Gasteiger partial charge in [-0.05, 0) is 133 Å². The Labute approximate surface area is 349 Å². The molecule has 6 aromatic carbocycles. The Bertz CT molecular complexity index is 2280. The molecule has 0 spiro atoms. The van der Waals surface area contributed by atoms with Gasteiger partial charge in [0.1, 0.15) is 5.54 Å². The van der Waals surface area contributed by atoms with Crippen LogP contribution in [0.5, 0.6) is 0 Å². The summed E-state index contributed by atoms with van der Waals surface area (Å²) >= 11 is 0. The van der Waals surface area contributed by atoms with Gasteiger partial charge in [-0.2, -0.15) is 0 Å². The molecule has 1 aliphatic rings. The van der Waals surface area contributed by atoms with Crippen LogP contribution in [0.2, 0.25) is 0 Å². The molecule has 0 aromatic heterocycles. The molecule has 1 aliphatic carbocycles. The fourth-order valence-corrected chi connectivity index (χ4v) is 8.83. The zero-order valence-corrected chi connectivity index (χ0v) is 35.7. The molecule has 0 saturated heterocycles. The lowest BCUT2D eigenvalue weighted by atomic mass is 9.79. The number of anilines is 5. The SMILES string of the molecule is CCCCc1ccc(N(c2ccc(C3C=CC(c4ccccc4)(N(c4ccc(CCCC)cc4)c4c(C)cccc4CC)C=C3)cc2)c2c(C)cccc2CC)cc1. The average molecular weight is 763 g/mol. The van der Waals surface area contributed by atoms with Crippen LogP contribution >= 0.6 is 0 Å². The molecule has 2 heteroatoms. The highest BCUT2D eigenvalue weighted by molar-refractivity contribution is 5.81. The van der Waals surface area contributed by atoms with E-state index in [1.807, 2.05) is 0 Å². The molecule has 0 saturated carbocycles. The zero-order valence-electron chi connectivity index (χ0n) is 35.7. The van der Waals surface area contributed by atoms with E-state index < -0.39 is 5.54 Å². The Morgan fingerprint density at radius 2 is 0.966 bits per heavy atom. The Balaban J connectivity index is 1.29. The summed E-state index contributed by atoms with van der Waals surface area (Å²) in [6.07, 6.45) is 18.8. The Morgan fingerprint density at radius 3 is 1.48 bits per heavy atom. The largest absolute Gasteiger partial charge is 0.324 e. The van der Waals surface area contributed by atoms with Crippen LogP contribution < -0.4 is 9.80 Å². The fraction of sp³-hybridized carbons (Fsp3) is 0.286. The Hall–Kier alpha value is -5.60. The van der Waals surface area contributed by atoms with E-state index in [0.717, 1.165) is 25.7 Å². The lowest BCUT2D eigenvalue weighted by Crippen LogP contribution is -2.42. The second kappa shape index (κ2) is 18.8. The van der Waals surface area contributed by atoms with Crippen LogP contribution in [0.15, 0.2) is 164 Å². The van der Waals surface area contributed by atoms with E-state index in [4.69, 9.17) is 0 Å². The standard InChI is InChI=1S/C56H62N2/c1-7-11-20-44-26-32-51(33-27-44)57(54-42(5)18-16-22-46(54)9-3)52-36-30-48(31-37-52)49-38-40-56(41-39-49,50-24-14-13-15-25-50)58(55-43(6)19-17-23-47(55)10-4)53-34-28-45(29-35-53)21-12-8-2/h13-19,22-41,49H,7-12,20-21H2,1-6H3. The van der Waals surface area contributed by atoms with Gasteiger partial charge in [-0.1, -0.05) is 168 Å². The molecule has 0 fully saturated rings. The molecule has 0 amide bonds. The van der Waals surface area contributed by atoms with Gasteiger partial charge in [0.05, 0.1) is 5.69 Å². The van der Waals surface area contributed by atoms with E-state index in [1.54, 1.807) is 0 Å². The lowest BCUT2D eigenvalue weighted by Gasteiger charge is -2.45. The number of nitrogens with zero attached hydrogens (tertiary/aromatic N) is 2. The number of hydrogen-bond acceptors (Lipinski definition) is 2. The first-order valence-electron chi connectivity index (χ1n) is 21.9. The van der Waals surface area contributed by atoms with Crippen molar-refractivity contribution < 1.29 is 0 Å². The second-order valence-electron chi connectivity index (χ2n) is 16.1. The topological polar surface area (TPSA) is 6.48 Å². The van der Waals surface area contributed by atoms with Crippen molar-refractivity contribution in [3.63, 3.8) is 0 Å². The highest BCUT2D eigenvalue weighted by Crippen LogP contribution is 2.48. The van der Waals surface area contributed by atoms with Gasteiger partial charge >= 0.3 is 0 Å². The molecule has 0 atom stereocenters. The predicted molar refractivity (Wildman–Crippen MR) is 251 cm³/mol. The van der Waals surface area contributed by atoms with Gasteiger partial charge in [0.25, 0.3) is 0 Å². The lowest BCUT2D eigenvalue weighted by molar-refractivity contribution is 0.657. The van der Waals surface area contributed by atoms with E-state index in [1.165, 1.54) is 98.6 Å². The summed E-state index contributed by atoms with van der Waals surface area (Å²) in [4.78, 5) is 5.07. The minimum absolute atomic E-state index is 0.141. The van der Waals surface area contributed by atoms with Gasteiger partial charge in [0, 0.05) is 28.7 Å². The molecule has 0 aliphatic heterocycles. The number of allylic oxidation sites excluding steroid dienone is 2. The Morgan fingerprint density at radius 1 is 0.483 bits per heavy atom. The van der Waals surface area contributed by atoms with Gasteiger partial charge in [-0.25, -0.2) is 0 Å². The normalized spacial score (nSPS) is 16.1. The third-order valence-electron chi connectivity index (χ3n) is 12.1. The maximum Gasteiger partial charge on any atom is 0.107 e. The number of rotatable bonds is 16. The number of hydrogen-bond donors (Lipinski definition) is 0. The van der Waals surface area contributed by atoms with Gasteiger partial charge in [-0.3, -0.25) is 0 Å². The van der Waals surface area contributed by atoms with E-state index in [9.17, 15) is 0 Å². The molecule has 0 N–H and O–H groups in total. The van der Waals surface area contributed by atoms with Crippen molar-refractivity contribution in [3.05, 3.63) is 208 Å². The van der Waals surface area contributed by atoms with Crippen LogP contribution in [0.1, 0.15) is 104 Å². The van der Waals surface area contributed by atoms with Crippen LogP contribution in [0.25, 0.3) is 0 Å². The van der Waals surface area contributed by atoms with Crippen LogP contribution in [0.3, 0.4) is 0 Å². The van der Waals surface area contributed by atoms with Gasteiger partial charge in [-0.15, -0.1) is 0 Å². The maximum atomic E-state index is 2.60. The minimum Gasteiger partial charge on any atom is -0.324 e. The van der Waals surface area contributed by atoms with Crippen molar-refractivity contribution in [1.29, 1.82) is 0 Å². The summed E-state index contributed by atoms with van der Waals surface area (Å²) in [6.45, 7) is 13.6. The molecule has 296 valence electrons. The van der Waals surface area contributed by atoms with Crippen molar-refractivity contribution in [2.24, 2.45) is 0 Å². The zero-order chi connectivity index (χ0) is 40.5. The van der Waals surface area contributed by atoms with E-state index in [-0.39, 0.29) is 5.92 Å². The number of aryl methyl sites for hydroxylation is 6. The molecule has 58 heavy (non-hydrogen) atoms. The van der Waals surface area contributed by atoms with Crippen molar-refractivity contribution >= 4 is 28.4 Å². The summed E-state index contributed by atoms with van der Waals surface area (Å²) in [6, 6.07) is 52.5. The summed E-state index contributed by atoms with van der Waals surface area (Å²) in [7, 11) is 0. The van der Waals surface area contributed by atoms with Crippen LogP contribution in [-0.2, 0) is 31.2 Å². The molecule has 7 rings (SSSR count). The van der Waals surface area contributed by atoms with Crippen LogP contribution in [-0.4, -0.2) is 0 Å². The van der Waals surface area contributed by atoms with Crippen LogP contribution in [0.4, 0.5) is 28.4 Å². The molecule has 6 aromatic rings. The quantitative estimate of drug-likeness (QED) is 0.0906. The van der Waals surface area contributed by atoms with Crippen molar-refractivity contribution in [1.82, 2.24) is 0 Å². The van der Waals surface area contributed by atoms with Gasteiger partial charge < -0.3 is 9.80 Å². The monoisotopic (exact) mass is 762 g/mol. The number of unbranched alkanes of at least 4 members (excludes halogenated alkanes) is 2. The first-order chi connectivity index (χ1) is 28.4. The van der Waals surface area contributed by atoms with Gasteiger partial charge in [0.15, 0.2) is 0 Å². The van der Waals surface area contributed by atoms with E-state index >= 15 is 0 Å². The second-order valence-corrected chi connectivity index (χ2v) is 16.1. The van der Waals surface area contributed by atoms with Crippen molar-refractivity contribution in [2.45, 2.75) is 104 Å². The molecule has 0 radical (unpaired) electrons. The van der Waals surface area contributed by atoms with E-state index in [2.05, 4.69) is 215 Å². The summed E-state index contributed by atoms with van der Waals surface area (Å²) in [5, 5.41) is 0. The number of benzene rings is 6. The molecule has 0 unspecified atom stereocenters. The highest BCUT2D eigenvalue weighted by atomic mass is 15.2. The maximum absolute atomic E-state index is 2.60. The summed E-state index contributed by atoms with van der Waals surface area (Å²) < 4.78 is 0. The molecule has 0 bridgehead atoms. The molecule has 0 heterocycles. The first-order valence-corrected chi connectivity index (χ1v) is 21.9. The Kier molecular flexibility index (Phi) is 13.1. The summed E-state index contributed by atoms with van der Waals surface area (Å²) in [5.74, 6) is 0.141. The van der Waals surface area contributed by atoms with Gasteiger partial charge in [0.2, 0.25) is 0 Å². The third kappa shape index (κ3) is 8.48. The fourth-order valence-electron chi connectivity index (χ4n) is 8.83. The summed E-state index contributed by atoms with van der Waals surface area (Å²) in [5.41, 5.74) is 16.2. The molecule has 2 nitrogen and oxygen atoms in total. The smallest absolute Gasteiger partial charge is 0.107 e. The van der Waals surface area contributed by atoms with Crippen molar-refractivity contribution in [2.75, 3.05) is 9.80 Å². The number of para-hydroxylation sites is 2. The molecular formula is C56H62N2. The predicted octanol–water partition coefficient (Wildman–Crippen LogP) is 15.5.